The van der Waals surface area contributed by atoms with Crippen LogP contribution in [0, 0.1) is 55.4 Å². The van der Waals surface area contributed by atoms with Crippen LogP contribution in [0.3, 0.4) is 0 Å². The lowest BCUT2D eigenvalue weighted by atomic mass is 9.82. The summed E-state index contributed by atoms with van der Waals surface area (Å²) in [4.78, 5) is 0. The molecule has 0 spiro atoms. The van der Waals surface area contributed by atoms with Gasteiger partial charge < -0.3 is 0 Å². The summed E-state index contributed by atoms with van der Waals surface area (Å²) in [6, 6.07) is 14.3. The van der Waals surface area contributed by atoms with Crippen LogP contribution in [0.5, 0.6) is 0 Å². The third-order valence-electron chi connectivity index (χ3n) is 11.0. The van der Waals surface area contributed by atoms with Gasteiger partial charge in [0.25, 0.3) is 0 Å². The molecule has 0 amide bonds. The summed E-state index contributed by atoms with van der Waals surface area (Å²) in [6.45, 7) is 27.4. The minimum atomic E-state index is 1.03. The van der Waals surface area contributed by atoms with E-state index in [0.29, 0.717) is 0 Å². The summed E-state index contributed by atoms with van der Waals surface area (Å²) in [7, 11) is 0. The molecule has 0 heterocycles. The fourth-order valence-corrected chi connectivity index (χ4v) is 8.21. The maximum Gasteiger partial charge on any atom is -0.000857 e. The van der Waals surface area contributed by atoms with E-state index in [4.69, 9.17) is 0 Å². The van der Waals surface area contributed by atoms with Gasteiger partial charge in [-0.1, -0.05) is 52.0 Å². The Balaban J connectivity index is 0.00000155. The van der Waals surface area contributed by atoms with Crippen LogP contribution in [0.4, 0.5) is 0 Å². The van der Waals surface area contributed by atoms with Gasteiger partial charge in [0, 0.05) is 0 Å². The Morgan fingerprint density at radius 2 is 0.762 bits per heavy atom. The maximum absolute atomic E-state index is 2.57. The van der Waals surface area contributed by atoms with Crippen molar-refractivity contribution in [2.45, 2.75) is 95.9 Å². The van der Waals surface area contributed by atoms with E-state index in [1.165, 1.54) is 121 Å². The Hall–Kier alpha value is -3.64. The second-order valence-electron chi connectivity index (χ2n) is 12.4. The summed E-state index contributed by atoms with van der Waals surface area (Å²) in [6.07, 6.45) is 2.06. The summed E-state index contributed by atoms with van der Waals surface area (Å²) in [5, 5.41) is 11.6. The minimum Gasteiger partial charge on any atom is -0.0683 e. The maximum atomic E-state index is 2.57. The second kappa shape index (κ2) is 9.98. The van der Waals surface area contributed by atoms with Crippen molar-refractivity contribution in [2.75, 3.05) is 0 Å². The molecule has 0 radical (unpaired) electrons. The van der Waals surface area contributed by atoms with Crippen LogP contribution in [0.1, 0.15) is 83.3 Å². The highest BCUT2D eigenvalue weighted by Gasteiger charge is 2.32. The number of fused-ring (bicyclic) bond motifs is 8. The van der Waals surface area contributed by atoms with E-state index >= 15 is 0 Å². The zero-order valence-corrected chi connectivity index (χ0v) is 27.9. The zero-order chi connectivity index (χ0) is 30.4. The Morgan fingerprint density at radius 1 is 0.405 bits per heavy atom. The molecule has 0 aromatic heterocycles. The van der Waals surface area contributed by atoms with Crippen molar-refractivity contribution in [1.82, 2.24) is 0 Å². The largest absolute Gasteiger partial charge is 0.0683 e. The summed E-state index contributed by atoms with van der Waals surface area (Å²) in [5.74, 6) is 0. The highest BCUT2D eigenvalue weighted by atomic mass is 14.3. The smallest absolute Gasteiger partial charge is 0.000857 e. The first kappa shape index (κ1) is 28.5. The number of rotatable bonds is 2. The quantitative estimate of drug-likeness (QED) is 0.188. The summed E-state index contributed by atoms with van der Waals surface area (Å²) < 4.78 is 0. The molecule has 1 aliphatic rings. The average molecular weight is 551 g/mol. The van der Waals surface area contributed by atoms with Crippen molar-refractivity contribution in [1.29, 1.82) is 0 Å². The first-order valence-electron chi connectivity index (χ1n) is 16.1. The fraction of sp³-hybridized carbons (Fsp3) is 0.333. The SMILES string of the molecule is CC.CCc1c2c(c(CC)c3ccccc13)-c1cc3c(C)c(C)c(C)c(C)c3c3c1c-2cc1c(C)c(C)c(C)c(C)c13. The molecule has 7 rings (SSSR count). The van der Waals surface area contributed by atoms with Crippen molar-refractivity contribution < 1.29 is 0 Å². The molecular formula is C42H46. The number of benzene rings is 6. The van der Waals surface area contributed by atoms with E-state index in [1.807, 2.05) is 13.8 Å². The molecule has 0 heteroatoms. The standard InChI is InChI=1S/C40H40.C2H6/c1-11-27-29-15-13-14-16-30(29)28(12-2)38-34-18-32-24(8)20(4)22(6)26(10)36(32)40-35-25(9)21(5)19(3)23(7)31(35)17-33(37(27)38)39(34)40;1-2/h13-18H,11-12H2,1-10H3;1-2H3. The van der Waals surface area contributed by atoms with Crippen LogP contribution in [0.15, 0.2) is 36.4 Å². The van der Waals surface area contributed by atoms with Crippen molar-refractivity contribution in [2.24, 2.45) is 0 Å². The van der Waals surface area contributed by atoms with Gasteiger partial charge in [-0.15, -0.1) is 0 Å². The molecule has 0 saturated heterocycles. The van der Waals surface area contributed by atoms with Gasteiger partial charge in [0.1, 0.15) is 0 Å². The molecule has 214 valence electrons. The molecule has 0 aliphatic heterocycles. The van der Waals surface area contributed by atoms with Gasteiger partial charge in [0.05, 0.1) is 0 Å². The van der Waals surface area contributed by atoms with Crippen LogP contribution in [-0.2, 0) is 12.8 Å². The van der Waals surface area contributed by atoms with Crippen LogP contribution < -0.4 is 0 Å². The molecule has 6 aromatic rings. The first-order valence-corrected chi connectivity index (χ1v) is 16.1. The Labute approximate surface area is 252 Å². The predicted octanol–water partition coefficient (Wildman–Crippen LogP) is 12.6. The van der Waals surface area contributed by atoms with Gasteiger partial charge >= 0.3 is 0 Å². The molecule has 0 unspecified atom stereocenters. The Kier molecular flexibility index (Phi) is 6.76. The van der Waals surface area contributed by atoms with Gasteiger partial charge in [-0.05, 0) is 201 Å². The van der Waals surface area contributed by atoms with Gasteiger partial charge in [-0.25, -0.2) is 0 Å². The van der Waals surface area contributed by atoms with Crippen LogP contribution in [-0.4, -0.2) is 0 Å². The number of hydrogen-bond acceptors (Lipinski definition) is 0. The molecule has 0 atom stereocenters. The van der Waals surface area contributed by atoms with Crippen molar-refractivity contribution in [3.63, 3.8) is 0 Å². The van der Waals surface area contributed by atoms with Crippen LogP contribution in [0.25, 0.3) is 65.3 Å². The van der Waals surface area contributed by atoms with E-state index in [0.717, 1.165) is 12.8 Å². The average Bonchev–Trinajstić information content (AvgIpc) is 3.34. The lowest BCUT2D eigenvalue weighted by molar-refractivity contribution is 1.14. The van der Waals surface area contributed by atoms with Crippen LogP contribution >= 0.6 is 0 Å². The van der Waals surface area contributed by atoms with E-state index in [9.17, 15) is 0 Å². The van der Waals surface area contributed by atoms with E-state index in [1.54, 1.807) is 0 Å². The Bertz CT molecular complexity index is 1980. The van der Waals surface area contributed by atoms with E-state index in [2.05, 4.69) is 106 Å². The van der Waals surface area contributed by atoms with Crippen LogP contribution in [0.2, 0.25) is 0 Å². The van der Waals surface area contributed by atoms with Gasteiger partial charge in [-0.3, -0.25) is 0 Å². The predicted molar refractivity (Wildman–Crippen MR) is 189 cm³/mol. The van der Waals surface area contributed by atoms with E-state index < -0.39 is 0 Å². The van der Waals surface area contributed by atoms with Gasteiger partial charge in [0.15, 0.2) is 0 Å². The molecule has 6 aromatic carbocycles. The fourth-order valence-electron chi connectivity index (χ4n) is 8.21. The normalized spacial score (nSPS) is 12.0. The molecule has 0 fully saturated rings. The number of hydrogen-bond donors (Lipinski definition) is 0. The molecule has 0 nitrogen and oxygen atoms in total. The van der Waals surface area contributed by atoms with Gasteiger partial charge in [-0.2, -0.15) is 0 Å². The molecule has 1 aliphatic carbocycles. The third kappa shape index (κ3) is 3.42. The molecule has 42 heavy (non-hydrogen) atoms. The second-order valence-corrected chi connectivity index (χ2v) is 12.4. The molecule has 0 saturated carbocycles. The number of aryl methyl sites for hydroxylation is 6. The minimum absolute atomic E-state index is 1.03. The van der Waals surface area contributed by atoms with Gasteiger partial charge in [0.2, 0.25) is 0 Å². The van der Waals surface area contributed by atoms with Crippen molar-refractivity contribution in [3.05, 3.63) is 92.0 Å². The monoisotopic (exact) mass is 550 g/mol. The molecule has 0 N–H and O–H groups in total. The highest BCUT2D eigenvalue weighted by molar-refractivity contribution is 6.34. The third-order valence-corrected chi connectivity index (χ3v) is 11.0. The van der Waals surface area contributed by atoms with Crippen molar-refractivity contribution in [3.8, 4) is 22.3 Å². The van der Waals surface area contributed by atoms with E-state index in [-0.39, 0.29) is 0 Å². The lowest BCUT2D eigenvalue weighted by Gasteiger charge is -2.22. The first-order chi connectivity index (χ1) is 20.1. The lowest BCUT2D eigenvalue weighted by Crippen LogP contribution is -1.99. The topological polar surface area (TPSA) is 0 Å². The Morgan fingerprint density at radius 3 is 1.12 bits per heavy atom. The molecular weight excluding hydrogens is 504 g/mol. The zero-order valence-electron chi connectivity index (χ0n) is 27.9. The summed E-state index contributed by atoms with van der Waals surface area (Å²) >= 11 is 0. The molecule has 0 bridgehead atoms. The summed E-state index contributed by atoms with van der Waals surface area (Å²) in [5.41, 5.74) is 20.3. The van der Waals surface area contributed by atoms with Crippen molar-refractivity contribution >= 4 is 43.1 Å². The highest BCUT2D eigenvalue weighted by Crippen LogP contribution is 2.57.